The number of rotatable bonds is 2. The Morgan fingerprint density at radius 1 is 1.11 bits per heavy atom. The minimum Gasteiger partial charge on any atom is -0.326 e. The number of nitrogens with one attached hydrogen (secondary N) is 2. The van der Waals surface area contributed by atoms with Crippen LogP contribution in [-0.4, -0.2) is 17.5 Å². The second kappa shape index (κ2) is 6.78. The highest BCUT2D eigenvalue weighted by Crippen LogP contribution is 2.38. The molecule has 2 aliphatic rings. The summed E-state index contributed by atoms with van der Waals surface area (Å²) >= 11 is 0. The fourth-order valence-corrected chi connectivity index (χ4v) is 3.72. The van der Waals surface area contributed by atoms with E-state index in [1.807, 2.05) is 24.3 Å². The van der Waals surface area contributed by atoms with E-state index in [1.54, 1.807) is 0 Å². The third-order valence-corrected chi connectivity index (χ3v) is 5.05. The van der Waals surface area contributed by atoms with Gasteiger partial charge in [-0.25, -0.2) is 5.43 Å². The molecule has 2 atom stereocenters. The quantitative estimate of drug-likeness (QED) is 0.826. The molecule has 4 rings (SSSR count). The molecular formula is C20H16F3N3O2. The first kappa shape index (κ1) is 18.2. The van der Waals surface area contributed by atoms with Crippen LogP contribution in [0.25, 0.3) is 0 Å². The number of alkyl halides is 3. The smallest absolute Gasteiger partial charge is 0.326 e. The molecule has 2 N–H and O–H groups in total. The predicted molar refractivity (Wildman–Crippen MR) is 96.7 cm³/mol. The molecular weight excluding hydrogens is 371 g/mol. The Labute approximate surface area is 158 Å². The maximum atomic E-state index is 12.9. The van der Waals surface area contributed by atoms with Crippen molar-refractivity contribution >= 4 is 23.2 Å². The SMILES string of the molecule is O=C1C[C@@H]2C[C@H](C(=O)Nc3ccc(C(F)(F)F)cc3)c3ccccc3C2=NN1. The maximum Gasteiger partial charge on any atom is 0.416 e. The first-order valence-electron chi connectivity index (χ1n) is 8.77. The standard InChI is InChI=1S/C20H16F3N3O2/c21-20(22,23)12-5-7-13(8-6-12)24-19(28)16-9-11-10-17(27)25-26-18(11)15-4-2-1-3-14(15)16/h1-8,11,16H,9-10H2,(H,24,28)(H,25,27)/t11-,16-/m0/s1. The first-order valence-corrected chi connectivity index (χ1v) is 8.77. The van der Waals surface area contributed by atoms with Crippen molar-refractivity contribution in [3.05, 3.63) is 65.2 Å². The van der Waals surface area contributed by atoms with Crippen molar-refractivity contribution in [2.24, 2.45) is 11.0 Å². The van der Waals surface area contributed by atoms with Gasteiger partial charge in [0.15, 0.2) is 0 Å². The lowest BCUT2D eigenvalue weighted by molar-refractivity contribution is -0.137. The summed E-state index contributed by atoms with van der Waals surface area (Å²) in [7, 11) is 0. The van der Waals surface area contributed by atoms with Gasteiger partial charge in [-0.15, -0.1) is 0 Å². The summed E-state index contributed by atoms with van der Waals surface area (Å²) in [4.78, 5) is 24.6. The highest BCUT2D eigenvalue weighted by Gasteiger charge is 2.38. The Hall–Kier alpha value is -3.16. The van der Waals surface area contributed by atoms with Crippen LogP contribution in [0.2, 0.25) is 0 Å². The summed E-state index contributed by atoms with van der Waals surface area (Å²) < 4.78 is 38.1. The van der Waals surface area contributed by atoms with Gasteiger partial charge in [-0.05, 0) is 36.2 Å². The number of benzene rings is 2. The normalized spacial score (nSPS) is 21.1. The Kier molecular flexibility index (Phi) is 4.41. The Morgan fingerprint density at radius 2 is 1.82 bits per heavy atom. The van der Waals surface area contributed by atoms with Crippen LogP contribution in [-0.2, 0) is 15.8 Å². The van der Waals surface area contributed by atoms with Crippen molar-refractivity contribution in [3.8, 4) is 0 Å². The monoisotopic (exact) mass is 387 g/mol. The van der Waals surface area contributed by atoms with Crippen LogP contribution < -0.4 is 10.7 Å². The number of amides is 2. The minimum atomic E-state index is -4.43. The zero-order valence-electron chi connectivity index (χ0n) is 14.6. The third kappa shape index (κ3) is 3.37. The Morgan fingerprint density at radius 3 is 2.54 bits per heavy atom. The predicted octanol–water partition coefficient (Wildman–Crippen LogP) is 3.67. The summed E-state index contributed by atoms with van der Waals surface area (Å²) in [5, 5.41) is 6.85. The van der Waals surface area contributed by atoms with E-state index in [-0.39, 0.29) is 29.8 Å². The van der Waals surface area contributed by atoms with Gasteiger partial charge < -0.3 is 5.32 Å². The van der Waals surface area contributed by atoms with Gasteiger partial charge >= 0.3 is 6.18 Å². The number of hydrogen-bond donors (Lipinski definition) is 2. The van der Waals surface area contributed by atoms with Crippen LogP contribution in [0.15, 0.2) is 53.6 Å². The van der Waals surface area contributed by atoms with Crippen LogP contribution in [0.1, 0.15) is 35.4 Å². The van der Waals surface area contributed by atoms with E-state index in [4.69, 9.17) is 0 Å². The van der Waals surface area contributed by atoms with Crippen LogP contribution >= 0.6 is 0 Å². The average Bonchev–Trinajstić information content (AvgIpc) is 2.66. The summed E-state index contributed by atoms with van der Waals surface area (Å²) in [5.74, 6) is -1.22. The summed E-state index contributed by atoms with van der Waals surface area (Å²) in [5.41, 5.74) is 4.35. The molecule has 0 saturated heterocycles. The Balaban J connectivity index is 1.60. The molecule has 0 bridgehead atoms. The number of hydrazone groups is 1. The lowest BCUT2D eigenvalue weighted by Crippen LogP contribution is -2.39. The molecule has 0 aromatic heterocycles. The van der Waals surface area contributed by atoms with Gasteiger partial charge in [0.05, 0.1) is 17.2 Å². The summed E-state index contributed by atoms with van der Waals surface area (Å²) in [6.45, 7) is 0. The molecule has 0 radical (unpaired) electrons. The van der Waals surface area contributed by atoms with Gasteiger partial charge in [0.2, 0.25) is 11.8 Å². The number of halogens is 3. The molecule has 2 aromatic carbocycles. The molecule has 1 heterocycles. The molecule has 144 valence electrons. The van der Waals surface area contributed by atoms with Gasteiger partial charge in [0.25, 0.3) is 0 Å². The fraction of sp³-hybridized carbons (Fsp3) is 0.250. The topological polar surface area (TPSA) is 70.6 Å². The molecule has 0 fully saturated rings. The van der Waals surface area contributed by atoms with Crippen LogP contribution in [0.3, 0.4) is 0 Å². The van der Waals surface area contributed by atoms with Gasteiger partial charge in [0, 0.05) is 23.6 Å². The number of carbonyl (C=O) groups is 2. The van der Waals surface area contributed by atoms with E-state index in [0.717, 1.165) is 29.0 Å². The fourth-order valence-electron chi connectivity index (χ4n) is 3.72. The van der Waals surface area contributed by atoms with Gasteiger partial charge in [-0.3, -0.25) is 9.59 Å². The third-order valence-electron chi connectivity index (χ3n) is 5.05. The maximum absolute atomic E-state index is 12.9. The van der Waals surface area contributed by atoms with Crippen LogP contribution in [0, 0.1) is 5.92 Å². The van der Waals surface area contributed by atoms with E-state index >= 15 is 0 Å². The number of hydrogen-bond acceptors (Lipinski definition) is 3. The second-order valence-corrected chi connectivity index (χ2v) is 6.87. The zero-order chi connectivity index (χ0) is 19.9. The molecule has 2 amide bonds. The largest absolute Gasteiger partial charge is 0.416 e. The average molecular weight is 387 g/mol. The minimum absolute atomic E-state index is 0.174. The molecule has 5 nitrogen and oxygen atoms in total. The van der Waals surface area contributed by atoms with Crippen molar-refractivity contribution in [3.63, 3.8) is 0 Å². The number of fused-ring (bicyclic) bond motifs is 3. The highest BCUT2D eigenvalue weighted by atomic mass is 19.4. The van der Waals surface area contributed by atoms with Gasteiger partial charge in [-0.2, -0.15) is 18.3 Å². The molecule has 1 aliphatic carbocycles. The highest BCUT2D eigenvalue weighted by molar-refractivity contribution is 6.10. The molecule has 0 unspecified atom stereocenters. The Bertz CT molecular complexity index is 967. The van der Waals surface area contributed by atoms with Crippen molar-refractivity contribution in [1.29, 1.82) is 0 Å². The number of carbonyl (C=O) groups excluding carboxylic acids is 2. The molecule has 0 spiro atoms. The molecule has 8 heteroatoms. The lowest BCUT2D eigenvalue weighted by atomic mass is 9.73. The van der Waals surface area contributed by atoms with Crippen molar-refractivity contribution < 1.29 is 22.8 Å². The van der Waals surface area contributed by atoms with Crippen molar-refractivity contribution in [2.45, 2.75) is 24.9 Å². The van der Waals surface area contributed by atoms with E-state index in [0.29, 0.717) is 6.42 Å². The van der Waals surface area contributed by atoms with Gasteiger partial charge in [-0.1, -0.05) is 24.3 Å². The van der Waals surface area contributed by atoms with Crippen molar-refractivity contribution in [2.75, 3.05) is 5.32 Å². The lowest BCUT2D eigenvalue weighted by Gasteiger charge is -2.33. The first-order chi connectivity index (χ1) is 13.3. The molecule has 0 saturated carbocycles. The van der Waals surface area contributed by atoms with Crippen molar-refractivity contribution in [1.82, 2.24) is 5.43 Å². The van der Waals surface area contributed by atoms with E-state index < -0.39 is 17.7 Å². The van der Waals surface area contributed by atoms with Crippen LogP contribution in [0.4, 0.5) is 18.9 Å². The van der Waals surface area contributed by atoms with Gasteiger partial charge in [0.1, 0.15) is 0 Å². The summed E-state index contributed by atoms with van der Waals surface area (Å²) in [6.07, 6.45) is -3.77. The van der Waals surface area contributed by atoms with Crippen LogP contribution in [0.5, 0.6) is 0 Å². The van der Waals surface area contributed by atoms with E-state index in [1.165, 1.54) is 12.1 Å². The van der Waals surface area contributed by atoms with E-state index in [2.05, 4.69) is 15.8 Å². The van der Waals surface area contributed by atoms with E-state index in [9.17, 15) is 22.8 Å². The number of nitrogens with zero attached hydrogens (tertiary/aromatic N) is 1. The summed E-state index contributed by atoms with van der Waals surface area (Å²) in [6, 6.07) is 11.7. The second-order valence-electron chi connectivity index (χ2n) is 6.87. The molecule has 28 heavy (non-hydrogen) atoms. The number of anilines is 1. The molecule has 1 aliphatic heterocycles. The molecule has 2 aromatic rings. The zero-order valence-corrected chi connectivity index (χ0v) is 14.6.